The smallest absolute Gasteiger partial charge is 0.209 e. The lowest BCUT2D eigenvalue weighted by Crippen LogP contribution is -2.33. The molecule has 0 unspecified atom stereocenters. The molecule has 108 valence electrons. The number of rotatable bonds is 6. The van der Waals surface area contributed by atoms with Gasteiger partial charge in [0.1, 0.15) is 11.5 Å². The Kier molecular flexibility index (Phi) is 5.23. The van der Waals surface area contributed by atoms with Crippen molar-refractivity contribution in [3.05, 3.63) is 22.7 Å². The molecule has 0 saturated heterocycles. The van der Waals surface area contributed by atoms with Gasteiger partial charge in [-0.2, -0.15) is 0 Å². The molecule has 7 heteroatoms. The summed E-state index contributed by atoms with van der Waals surface area (Å²) in [6.45, 7) is 3.82. The number of sulfonamides is 1. The van der Waals surface area contributed by atoms with Gasteiger partial charge in [0.15, 0.2) is 0 Å². The van der Waals surface area contributed by atoms with Crippen molar-refractivity contribution in [3.63, 3.8) is 0 Å². The minimum Gasteiger partial charge on any atom is -0.497 e. The number of hydrogen-bond donors (Lipinski definition) is 1. The van der Waals surface area contributed by atoms with Crippen molar-refractivity contribution in [2.24, 2.45) is 10.6 Å². The predicted octanol–water partition coefficient (Wildman–Crippen LogP) is 2.15. The van der Waals surface area contributed by atoms with Crippen LogP contribution in [0.4, 0.5) is 0 Å². The van der Waals surface area contributed by atoms with E-state index < -0.39 is 15.4 Å². The molecule has 5 nitrogen and oxygen atoms in total. The second kappa shape index (κ2) is 6.11. The van der Waals surface area contributed by atoms with Crippen molar-refractivity contribution in [2.75, 3.05) is 19.5 Å². The zero-order valence-electron chi connectivity index (χ0n) is 11.1. The predicted molar refractivity (Wildman–Crippen MR) is 77.9 cm³/mol. The van der Waals surface area contributed by atoms with Crippen molar-refractivity contribution in [1.82, 2.24) is 0 Å². The van der Waals surface area contributed by atoms with E-state index in [0.717, 1.165) is 4.47 Å². The summed E-state index contributed by atoms with van der Waals surface area (Å²) in [7, 11) is -1.94. The van der Waals surface area contributed by atoms with Gasteiger partial charge >= 0.3 is 0 Å². The van der Waals surface area contributed by atoms with Gasteiger partial charge in [0.2, 0.25) is 10.0 Å². The van der Waals surface area contributed by atoms with E-state index in [4.69, 9.17) is 14.6 Å². The fourth-order valence-corrected chi connectivity index (χ4v) is 3.23. The standard InChI is InChI=1S/C12H18BrNO4S/c1-12(2,8-19(14,15)16)7-18-11-5-4-9(17-3)6-10(11)13/h4-6H,7-8H2,1-3H3,(H2,14,15,16). The maximum Gasteiger partial charge on any atom is 0.209 e. The van der Waals surface area contributed by atoms with Crippen molar-refractivity contribution in [1.29, 1.82) is 0 Å². The summed E-state index contributed by atoms with van der Waals surface area (Å²) in [6.07, 6.45) is 0. The first-order chi connectivity index (χ1) is 8.63. The zero-order valence-corrected chi connectivity index (χ0v) is 13.5. The molecule has 0 radical (unpaired) electrons. The van der Waals surface area contributed by atoms with Crippen LogP contribution in [0.5, 0.6) is 11.5 Å². The summed E-state index contributed by atoms with van der Waals surface area (Å²) < 4.78 is 33.7. The Morgan fingerprint density at radius 3 is 2.47 bits per heavy atom. The van der Waals surface area contributed by atoms with Gasteiger partial charge in [-0.15, -0.1) is 0 Å². The van der Waals surface area contributed by atoms with Crippen molar-refractivity contribution < 1.29 is 17.9 Å². The third kappa shape index (κ3) is 5.80. The molecule has 0 amide bonds. The van der Waals surface area contributed by atoms with Gasteiger partial charge in [-0.3, -0.25) is 0 Å². The molecule has 1 aromatic rings. The molecule has 2 N–H and O–H groups in total. The first-order valence-electron chi connectivity index (χ1n) is 5.60. The van der Waals surface area contributed by atoms with Crippen molar-refractivity contribution in [2.45, 2.75) is 13.8 Å². The normalized spacial score (nSPS) is 12.3. The molecular weight excluding hydrogens is 334 g/mol. The van der Waals surface area contributed by atoms with E-state index in [9.17, 15) is 8.42 Å². The molecular formula is C12H18BrNO4S. The van der Waals surface area contributed by atoms with Gasteiger partial charge in [-0.05, 0) is 34.1 Å². The number of primary sulfonamides is 1. The fraction of sp³-hybridized carbons (Fsp3) is 0.500. The van der Waals surface area contributed by atoms with E-state index >= 15 is 0 Å². The largest absolute Gasteiger partial charge is 0.497 e. The monoisotopic (exact) mass is 351 g/mol. The number of nitrogens with two attached hydrogens (primary N) is 1. The number of hydrogen-bond acceptors (Lipinski definition) is 4. The average Bonchev–Trinajstić information content (AvgIpc) is 2.24. The summed E-state index contributed by atoms with van der Waals surface area (Å²) in [5.41, 5.74) is -0.563. The Morgan fingerprint density at radius 2 is 2.00 bits per heavy atom. The first kappa shape index (κ1) is 16.3. The highest BCUT2D eigenvalue weighted by molar-refractivity contribution is 9.10. The number of methoxy groups -OCH3 is 1. The molecule has 1 aromatic carbocycles. The summed E-state index contributed by atoms with van der Waals surface area (Å²) in [6, 6.07) is 5.31. The molecule has 0 aliphatic rings. The molecule has 0 bridgehead atoms. The number of halogens is 1. The van der Waals surface area contributed by atoms with Crippen LogP contribution in [0, 0.1) is 5.41 Å². The fourth-order valence-electron chi connectivity index (χ4n) is 1.59. The Balaban J connectivity index is 2.71. The maximum atomic E-state index is 11.1. The Morgan fingerprint density at radius 1 is 1.37 bits per heavy atom. The van der Waals surface area contributed by atoms with Crippen LogP contribution in [0.15, 0.2) is 22.7 Å². The van der Waals surface area contributed by atoms with Crippen LogP contribution in [0.25, 0.3) is 0 Å². The van der Waals surface area contributed by atoms with Crippen LogP contribution >= 0.6 is 15.9 Å². The highest BCUT2D eigenvalue weighted by Gasteiger charge is 2.25. The lowest BCUT2D eigenvalue weighted by atomic mass is 9.98. The SMILES string of the molecule is COc1ccc(OCC(C)(C)CS(N)(=O)=O)c(Br)c1. The molecule has 19 heavy (non-hydrogen) atoms. The summed E-state index contributed by atoms with van der Waals surface area (Å²) in [5.74, 6) is 1.21. The maximum absolute atomic E-state index is 11.1. The number of benzene rings is 1. The van der Waals surface area contributed by atoms with Gasteiger partial charge in [-0.1, -0.05) is 13.8 Å². The molecule has 0 fully saturated rings. The topological polar surface area (TPSA) is 78.6 Å². The van der Waals surface area contributed by atoms with Gasteiger partial charge in [0.25, 0.3) is 0 Å². The third-order valence-electron chi connectivity index (χ3n) is 2.35. The molecule has 0 aliphatic carbocycles. The molecule has 0 spiro atoms. The van der Waals surface area contributed by atoms with Crippen LogP contribution in [-0.2, 0) is 10.0 Å². The van der Waals surface area contributed by atoms with E-state index in [1.807, 2.05) is 0 Å². The van der Waals surface area contributed by atoms with Gasteiger partial charge < -0.3 is 9.47 Å². The minimum atomic E-state index is -3.52. The summed E-state index contributed by atoms with van der Waals surface area (Å²) in [5, 5.41) is 5.05. The molecule has 0 aromatic heterocycles. The Hall–Kier alpha value is -0.790. The van der Waals surface area contributed by atoms with E-state index in [0.29, 0.717) is 11.5 Å². The minimum absolute atomic E-state index is 0.131. The van der Waals surface area contributed by atoms with E-state index in [2.05, 4.69) is 15.9 Å². The van der Waals surface area contributed by atoms with E-state index in [1.165, 1.54) is 0 Å². The lowest BCUT2D eigenvalue weighted by Gasteiger charge is -2.23. The highest BCUT2D eigenvalue weighted by Crippen LogP contribution is 2.30. The van der Waals surface area contributed by atoms with E-state index in [-0.39, 0.29) is 12.4 Å². The summed E-state index contributed by atoms with van der Waals surface area (Å²) >= 11 is 3.37. The van der Waals surface area contributed by atoms with Crippen molar-refractivity contribution in [3.8, 4) is 11.5 Å². The van der Waals surface area contributed by atoms with Crippen LogP contribution in [0.1, 0.15) is 13.8 Å². The summed E-state index contributed by atoms with van der Waals surface area (Å²) in [4.78, 5) is 0. The molecule has 1 rings (SSSR count). The highest BCUT2D eigenvalue weighted by atomic mass is 79.9. The van der Waals surface area contributed by atoms with Gasteiger partial charge in [0, 0.05) is 5.41 Å². The second-order valence-electron chi connectivity index (χ2n) is 5.06. The molecule has 0 aliphatic heterocycles. The number of ether oxygens (including phenoxy) is 2. The molecule has 0 heterocycles. The van der Waals surface area contributed by atoms with Crippen LogP contribution in [-0.4, -0.2) is 27.9 Å². The first-order valence-corrected chi connectivity index (χ1v) is 8.11. The Bertz CT molecular complexity index is 543. The quantitative estimate of drug-likeness (QED) is 0.851. The van der Waals surface area contributed by atoms with Crippen molar-refractivity contribution >= 4 is 26.0 Å². The van der Waals surface area contributed by atoms with Gasteiger partial charge in [-0.25, -0.2) is 13.6 Å². The average molecular weight is 352 g/mol. The van der Waals surface area contributed by atoms with Crippen LogP contribution in [0.2, 0.25) is 0 Å². The van der Waals surface area contributed by atoms with Crippen LogP contribution < -0.4 is 14.6 Å². The van der Waals surface area contributed by atoms with Crippen LogP contribution in [0.3, 0.4) is 0 Å². The van der Waals surface area contributed by atoms with Gasteiger partial charge in [0.05, 0.1) is 23.9 Å². The second-order valence-corrected chi connectivity index (χ2v) is 7.53. The lowest BCUT2D eigenvalue weighted by molar-refractivity contribution is 0.198. The molecule has 0 saturated carbocycles. The Labute approximate surface area is 122 Å². The zero-order chi connectivity index (χ0) is 14.7. The van der Waals surface area contributed by atoms with E-state index in [1.54, 1.807) is 39.2 Å². The molecule has 0 atom stereocenters. The third-order valence-corrected chi connectivity index (χ3v) is 4.15.